The standard InChI is InChI=1S/C24H34N6O2.HI/c1-4-32-21-13-17(2)9-10-18(21)14-28-24(26-3)29-15-19-7-5-11-27-23(19)30-12-6-8-20(16-30)22(25)31;/h5,7,9-11,13,20H,4,6,8,12,14-16H2,1-3H3,(H2,25,31)(H2,26,28,29);1H. The van der Waals surface area contributed by atoms with Crippen LogP contribution in [0.1, 0.15) is 36.5 Å². The molecule has 33 heavy (non-hydrogen) atoms. The van der Waals surface area contributed by atoms with Crippen LogP contribution in [-0.2, 0) is 17.9 Å². The number of amides is 1. The van der Waals surface area contributed by atoms with Crippen molar-refractivity contribution in [3.05, 3.63) is 53.2 Å². The smallest absolute Gasteiger partial charge is 0.222 e. The number of aryl methyl sites for hydroxylation is 1. The minimum absolute atomic E-state index is 0. The van der Waals surface area contributed by atoms with Crippen LogP contribution in [0.5, 0.6) is 5.75 Å². The second-order valence-electron chi connectivity index (χ2n) is 8.00. The second-order valence-corrected chi connectivity index (χ2v) is 8.00. The monoisotopic (exact) mass is 566 g/mol. The predicted molar refractivity (Wildman–Crippen MR) is 143 cm³/mol. The fourth-order valence-electron chi connectivity index (χ4n) is 3.93. The molecular formula is C24H35IN6O2. The molecule has 2 aromatic rings. The van der Waals surface area contributed by atoms with Gasteiger partial charge in [-0.25, -0.2) is 4.98 Å². The Morgan fingerprint density at radius 3 is 2.73 bits per heavy atom. The lowest BCUT2D eigenvalue weighted by molar-refractivity contribution is -0.122. The summed E-state index contributed by atoms with van der Waals surface area (Å²) in [7, 11) is 1.75. The number of pyridine rings is 1. The number of piperidine rings is 1. The summed E-state index contributed by atoms with van der Waals surface area (Å²) in [5.74, 6) is 2.10. The zero-order valence-electron chi connectivity index (χ0n) is 19.6. The molecule has 1 aromatic heterocycles. The Labute approximate surface area is 213 Å². The molecule has 3 rings (SSSR count). The number of nitrogens with two attached hydrogens (primary N) is 1. The van der Waals surface area contributed by atoms with Crippen LogP contribution in [0.2, 0.25) is 0 Å². The second kappa shape index (κ2) is 13.2. The maximum Gasteiger partial charge on any atom is 0.222 e. The summed E-state index contributed by atoms with van der Waals surface area (Å²) in [4.78, 5) is 22.8. The first-order valence-corrected chi connectivity index (χ1v) is 11.2. The third kappa shape index (κ3) is 7.48. The molecule has 1 aromatic carbocycles. The number of rotatable bonds is 8. The highest BCUT2D eigenvalue weighted by atomic mass is 127. The summed E-state index contributed by atoms with van der Waals surface area (Å²) < 4.78 is 5.77. The van der Waals surface area contributed by atoms with Gasteiger partial charge < -0.3 is 26.0 Å². The summed E-state index contributed by atoms with van der Waals surface area (Å²) >= 11 is 0. The maximum atomic E-state index is 11.7. The molecule has 8 nitrogen and oxygen atoms in total. The number of benzene rings is 1. The lowest BCUT2D eigenvalue weighted by Crippen LogP contribution is -2.42. The zero-order chi connectivity index (χ0) is 22.9. The molecule has 1 atom stereocenters. The van der Waals surface area contributed by atoms with Gasteiger partial charge in [0.15, 0.2) is 5.96 Å². The van der Waals surface area contributed by atoms with E-state index in [9.17, 15) is 4.79 Å². The van der Waals surface area contributed by atoms with Crippen LogP contribution in [0, 0.1) is 12.8 Å². The fraction of sp³-hybridized carbons (Fsp3) is 0.458. The van der Waals surface area contributed by atoms with E-state index in [1.54, 1.807) is 13.2 Å². The quantitative estimate of drug-likeness (QED) is 0.258. The van der Waals surface area contributed by atoms with Crippen LogP contribution in [0.3, 0.4) is 0 Å². The molecule has 1 fully saturated rings. The van der Waals surface area contributed by atoms with E-state index < -0.39 is 0 Å². The molecule has 1 aliphatic heterocycles. The van der Waals surface area contributed by atoms with Crippen molar-refractivity contribution in [2.45, 2.75) is 39.8 Å². The molecule has 1 unspecified atom stereocenters. The van der Waals surface area contributed by atoms with E-state index in [0.29, 0.717) is 32.2 Å². The number of hydrogen-bond donors (Lipinski definition) is 3. The minimum atomic E-state index is -0.238. The Bertz CT molecular complexity index is 952. The molecule has 2 heterocycles. The predicted octanol–water partition coefficient (Wildman–Crippen LogP) is 2.97. The third-order valence-corrected chi connectivity index (χ3v) is 5.63. The van der Waals surface area contributed by atoms with Crippen molar-refractivity contribution >= 4 is 41.7 Å². The van der Waals surface area contributed by atoms with E-state index in [0.717, 1.165) is 42.1 Å². The van der Waals surface area contributed by atoms with Crippen molar-refractivity contribution < 1.29 is 9.53 Å². The molecule has 9 heteroatoms. The number of anilines is 1. The highest BCUT2D eigenvalue weighted by molar-refractivity contribution is 14.0. The van der Waals surface area contributed by atoms with Gasteiger partial charge in [0.05, 0.1) is 12.5 Å². The Morgan fingerprint density at radius 2 is 2.03 bits per heavy atom. The molecule has 1 aliphatic rings. The van der Waals surface area contributed by atoms with Crippen LogP contribution >= 0.6 is 24.0 Å². The van der Waals surface area contributed by atoms with Crippen LogP contribution < -0.4 is 26.0 Å². The first-order chi connectivity index (χ1) is 15.5. The van der Waals surface area contributed by atoms with E-state index in [2.05, 4.69) is 50.6 Å². The molecule has 0 spiro atoms. The van der Waals surface area contributed by atoms with Crippen LogP contribution in [0.4, 0.5) is 5.82 Å². The summed E-state index contributed by atoms with van der Waals surface area (Å²) in [6, 6.07) is 10.2. The number of halogens is 1. The number of ether oxygens (including phenoxy) is 1. The highest BCUT2D eigenvalue weighted by Crippen LogP contribution is 2.24. The van der Waals surface area contributed by atoms with Gasteiger partial charge in [0, 0.05) is 50.6 Å². The van der Waals surface area contributed by atoms with Gasteiger partial charge in [-0.3, -0.25) is 9.79 Å². The summed E-state index contributed by atoms with van der Waals surface area (Å²) in [6.07, 6.45) is 3.55. The molecule has 180 valence electrons. The van der Waals surface area contributed by atoms with Gasteiger partial charge in [-0.1, -0.05) is 18.2 Å². The largest absolute Gasteiger partial charge is 0.494 e. The van der Waals surface area contributed by atoms with Crippen molar-refractivity contribution in [3.63, 3.8) is 0 Å². The first kappa shape index (κ1) is 26.7. The number of carbonyl (C=O) groups is 1. The molecule has 4 N–H and O–H groups in total. The maximum absolute atomic E-state index is 11.7. The molecule has 1 amide bonds. The summed E-state index contributed by atoms with van der Waals surface area (Å²) in [5, 5.41) is 6.73. The van der Waals surface area contributed by atoms with E-state index in [-0.39, 0.29) is 35.8 Å². The lowest BCUT2D eigenvalue weighted by Gasteiger charge is -2.33. The number of nitrogens with zero attached hydrogens (tertiary/aromatic N) is 3. The number of nitrogens with one attached hydrogen (secondary N) is 2. The Balaban J connectivity index is 0.00000385. The van der Waals surface area contributed by atoms with Crippen molar-refractivity contribution in [1.82, 2.24) is 15.6 Å². The van der Waals surface area contributed by atoms with E-state index in [4.69, 9.17) is 10.5 Å². The average Bonchev–Trinajstić information content (AvgIpc) is 2.81. The van der Waals surface area contributed by atoms with Crippen LogP contribution in [0.25, 0.3) is 0 Å². The van der Waals surface area contributed by atoms with Crippen molar-refractivity contribution in [1.29, 1.82) is 0 Å². The van der Waals surface area contributed by atoms with Gasteiger partial charge in [-0.05, 0) is 44.4 Å². The minimum Gasteiger partial charge on any atom is -0.494 e. The molecule has 0 aliphatic carbocycles. The number of guanidine groups is 1. The number of carbonyl (C=O) groups excluding carboxylic acids is 1. The molecule has 0 bridgehead atoms. The van der Waals surface area contributed by atoms with Crippen molar-refractivity contribution in [2.24, 2.45) is 16.6 Å². The Morgan fingerprint density at radius 1 is 1.27 bits per heavy atom. The zero-order valence-corrected chi connectivity index (χ0v) is 22.0. The number of primary amides is 1. The van der Waals surface area contributed by atoms with E-state index in [1.807, 2.05) is 19.1 Å². The van der Waals surface area contributed by atoms with E-state index >= 15 is 0 Å². The summed E-state index contributed by atoms with van der Waals surface area (Å²) in [5.41, 5.74) is 8.84. The summed E-state index contributed by atoms with van der Waals surface area (Å²) in [6.45, 7) is 7.31. The SMILES string of the molecule is CCOc1cc(C)ccc1CNC(=NC)NCc1cccnc1N1CCCC(C(N)=O)C1.I. The molecule has 0 saturated carbocycles. The number of aliphatic imine (C=N–C) groups is 1. The first-order valence-electron chi connectivity index (χ1n) is 11.2. The Hall–Kier alpha value is -2.56. The molecule has 0 radical (unpaired) electrons. The van der Waals surface area contributed by atoms with Crippen LogP contribution in [-0.4, -0.2) is 43.6 Å². The molecule has 1 saturated heterocycles. The van der Waals surface area contributed by atoms with Crippen molar-refractivity contribution in [2.75, 3.05) is 31.6 Å². The average molecular weight is 566 g/mol. The van der Waals surface area contributed by atoms with Gasteiger partial charge >= 0.3 is 0 Å². The Kier molecular flexibility index (Phi) is 10.7. The van der Waals surface area contributed by atoms with Gasteiger partial charge in [0.1, 0.15) is 11.6 Å². The number of hydrogen-bond acceptors (Lipinski definition) is 5. The van der Waals surface area contributed by atoms with Crippen molar-refractivity contribution in [3.8, 4) is 5.75 Å². The van der Waals surface area contributed by atoms with Gasteiger partial charge in [0.25, 0.3) is 0 Å². The topological polar surface area (TPSA) is 105 Å². The van der Waals surface area contributed by atoms with Crippen LogP contribution in [0.15, 0.2) is 41.5 Å². The third-order valence-electron chi connectivity index (χ3n) is 5.63. The highest BCUT2D eigenvalue weighted by Gasteiger charge is 2.26. The lowest BCUT2D eigenvalue weighted by atomic mass is 9.97. The molecular weight excluding hydrogens is 531 g/mol. The fourth-order valence-corrected chi connectivity index (χ4v) is 3.93. The van der Waals surface area contributed by atoms with Gasteiger partial charge in [0.2, 0.25) is 5.91 Å². The normalized spacial score (nSPS) is 16.0. The number of aromatic nitrogens is 1. The van der Waals surface area contributed by atoms with Gasteiger partial charge in [-0.2, -0.15) is 0 Å². The van der Waals surface area contributed by atoms with E-state index in [1.165, 1.54) is 5.56 Å². The van der Waals surface area contributed by atoms with Gasteiger partial charge in [-0.15, -0.1) is 24.0 Å².